The van der Waals surface area contributed by atoms with E-state index in [0.717, 1.165) is 11.3 Å². The van der Waals surface area contributed by atoms with Gasteiger partial charge in [-0.15, -0.1) is 0 Å². The molecule has 0 spiro atoms. The van der Waals surface area contributed by atoms with Crippen LogP contribution in [-0.4, -0.2) is 33.5 Å². The van der Waals surface area contributed by atoms with Crippen LogP contribution >= 0.6 is 11.3 Å². The first-order chi connectivity index (χ1) is 8.23. The Morgan fingerprint density at radius 1 is 1.56 bits per heavy atom. The number of amides is 1. The molecule has 0 radical (unpaired) electrons. The number of thiazole rings is 1. The summed E-state index contributed by atoms with van der Waals surface area (Å²) in [5.41, 5.74) is -0.00304. The first-order valence-electron chi connectivity index (χ1n) is 5.49. The zero-order valence-corrected chi connectivity index (χ0v) is 11.7. The van der Waals surface area contributed by atoms with Crippen LogP contribution in [-0.2, 0) is 4.74 Å². The summed E-state index contributed by atoms with van der Waals surface area (Å²) in [4.78, 5) is 16.1. The maximum Gasteiger partial charge on any atom is 0.413 e. The van der Waals surface area contributed by atoms with Crippen LogP contribution in [0.1, 0.15) is 37.4 Å². The Hall–Kier alpha value is -1.18. The van der Waals surface area contributed by atoms with Crippen LogP contribution in [0.3, 0.4) is 0 Å². The number of hydrogen-bond donors (Lipinski definition) is 3. The number of ether oxygens (including phenoxy) is 1. The average Bonchev–Trinajstić information content (AvgIpc) is 2.55. The highest BCUT2D eigenvalue weighted by molar-refractivity contribution is 7.16. The van der Waals surface area contributed by atoms with Gasteiger partial charge in [-0.05, 0) is 27.7 Å². The van der Waals surface area contributed by atoms with E-state index >= 15 is 0 Å². The standard InChI is InChI=1S/C11H18N2O4S/c1-6-8(7(15)5-14)18-9(12-6)13-10(16)17-11(2,3)4/h7,14-15H,5H2,1-4H3,(H,12,13,16). The van der Waals surface area contributed by atoms with Crippen LogP contribution in [0.2, 0.25) is 0 Å². The molecular weight excluding hydrogens is 256 g/mol. The van der Waals surface area contributed by atoms with E-state index in [1.165, 1.54) is 0 Å². The Morgan fingerprint density at radius 3 is 2.67 bits per heavy atom. The SMILES string of the molecule is Cc1nc(NC(=O)OC(C)(C)C)sc1C(O)CO. The monoisotopic (exact) mass is 274 g/mol. The minimum Gasteiger partial charge on any atom is -0.444 e. The Bertz CT molecular complexity index is 425. The molecule has 1 heterocycles. The first kappa shape index (κ1) is 14.9. The van der Waals surface area contributed by atoms with Gasteiger partial charge in [-0.2, -0.15) is 0 Å². The zero-order chi connectivity index (χ0) is 13.9. The summed E-state index contributed by atoms with van der Waals surface area (Å²) in [6.07, 6.45) is -1.57. The van der Waals surface area contributed by atoms with Crippen molar-refractivity contribution in [2.24, 2.45) is 0 Å². The molecule has 1 aromatic rings. The Labute approximate surface area is 110 Å². The van der Waals surface area contributed by atoms with E-state index in [1.54, 1.807) is 27.7 Å². The number of aliphatic hydroxyl groups is 2. The van der Waals surface area contributed by atoms with E-state index in [-0.39, 0.29) is 6.61 Å². The molecule has 3 N–H and O–H groups in total. The molecule has 0 saturated carbocycles. The van der Waals surface area contributed by atoms with Crippen molar-refractivity contribution in [3.8, 4) is 0 Å². The number of nitrogens with zero attached hydrogens (tertiary/aromatic N) is 1. The topological polar surface area (TPSA) is 91.7 Å². The van der Waals surface area contributed by atoms with Crippen LogP contribution in [0, 0.1) is 6.92 Å². The van der Waals surface area contributed by atoms with Gasteiger partial charge in [0.05, 0.1) is 17.2 Å². The number of carbonyl (C=O) groups is 1. The molecule has 0 aliphatic carbocycles. The third kappa shape index (κ3) is 4.25. The molecule has 0 aromatic carbocycles. The fourth-order valence-electron chi connectivity index (χ4n) is 1.24. The Morgan fingerprint density at radius 2 is 2.17 bits per heavy atom. The van der Waals surface area contributed by atoms with Gasteiger partial charge in [-0.25, -0.2) is 9.78 Å². The van der Waals surface area contributed by atoms with E-state index in [2.05, 4.69) is 10.3 Å². The number of carbonyl (C=O) groups excluding carboxylic acids is 1. The van der Waals surface area contributed by atoms with E-state index in [1.807, 2.05) is 0 Å². The number of hydrogen-bond acceptors (Lipinski definition) is 6. The van der Waals surface area contributed by atoms with Crippen molar-refractivity contribution >= 4 is 22.6 Å². The second-order valence-corrected chi connectivity index (χ2v) is 5.82. The van der Waals surface area contributed by atoms with Crippen molar-refractivity contribution in [2.75, 3.05) is 11.9 Å². The summed E-state index contributed by atoms with van der Waals surface area (Å²) < 4.78 is 5.08. The van der Waals surface area contributed by atoms with E-state index in [4.69, 9.17) is 9.84 Å². The summed E-state index contributed by atoms with van der Waals surface area (Å²) in [7, 11) is 0. The molecule has 0 fully saturated rings. The number of aromatic nitrogens is 1. The summed E-state index contributed by atoms with van der Waals surface area (Å²) in [5, 5.41) is 21.2. The van der Waals surface area contributed by atoms with Crippen molar-refractivity contribution in [1.29, 1.82) is 0 Å². The fourth-order valence-corrected chi connectivity index (χ4v) is 2.17. The van der Waals surface area contributed by atoms with E-state index in [9.17, 15) is 9.90 Å². The van der Waals surface area contributed by atoms with Gasteiger partial charge in [-0.1, -0.05) is 11.3 Å². The smallest absolute Gasteiger partial charge is 0.413 e. The van der Waals surface area contributed by atoms with E-state index < -0.39 is 17.8 Å². The molecule has 1 aromatic heterocycles. The van der Waals surface area contributed by atoms with Gasteiger partial charge >= 0.3 is 6.09 Å². The van der Waals surface area contributed by atoms with Gasteiger partial charge in [0.25, 0.3) is 0 Å². The number of aliphatic hydroxyl groups excluding tert-OH is 2. The Kier molecular flexibility index (Phi) is 4.66. The lowest BCUT2D eigenvalue weighted by Gasteiger charge is -2.18. The van der Waals surface area contributed by atoms with E-state index in [0.29, 0.717) is 15.7 Å². The van der Waals surface area contributed by atoms with Crippen LogP contribution in [0.4, 0.5) is 9.93 Å². The lowest BCUT2D eigenvalue weighted by atomic mass is 10.2. The third-order valence-corrected chi connectivity index (χ3v) is 3.09. The minimum absolute atomic E-state index is 0.337. The molecule has 1 atom stereocenters. The average molecular weight is 274 g/mol. The highest BCUT2D eigenvalue weighted by atomic mass is 32.1. The molecule has 0 aliphatic heterocycles. The fraction of sp³-hybridized carbons (Fsp3) is 0.636. The first-order valence-corrected chi connectivity index (χ1v) is 6.31. The summed E-state index contributed by atoms with van der Waals surface area (Å²) in [6.45, 7) is 6.61. The molecular formula is C11H18N2O4S. The molecule has 6 nitrogen and oxygen atoms in total. The normalized spacial score (nSPS) is 13.2. The predicted molar refractivity (Wildman–Crippen MR) is 68.8 cm³/mol. The molecule has 1 amide bonds. The Balaban J connectivity index is 2.72. The maximum atomic E-state index is 11.5. The predicted octanol–water partition coefficient (Wildman–Crippen LogP) is 1.82. The molecule has 0 bridgehead atoms. The van der Waals surface area contributed by atoms with Gasteiger partial charge in [0.2, 0.25) is 0 Å². The maximum absolute atomic E-state index is 11.5. The highest BCUT2D eigenvalue weighted by Crippen LogP contribution is 2.28. The molecule has 7 heteroatoms. The van der Waals surface area contributed by atoms with Crippen LogP contribution in [0.15, 0.2) is 0 Å². The van der Waals surface area contributed by atoms with Gasteiger partial charge in [0.15, 0.2) is 5.13 Å². The molecule has 1 rings (SSSR count). The van der Waals surface area contributed by atoms with Gasteiger partial charge in [0, 0.05) is 0 Å². The second-order valence-electron chi connectivity index (χ2n) is 4.79. The molecule has 0 saturated heterocycles. The van der Waals surface area contributed by atoms with Gasteiger partial charge in [0.1, 0.15) is 11.7 Å². The second kappa shape index (κ2) is 5.64. The zero-order valence-electron chi connectivity index (χ0n) is 10.9. The largest absolute Gasteiger partial charge is 0.444 e. The number of aryl methyl sites for hydroxylation is 1. The molecule has 1 unspecified atom stereocenters. The van der Waals surface area contributed by atoms with Crippen LogP contribution in [0.25, 0.3) is 0 Å². The summed E-state index contributed by atoms with van der Waals surface area (Å²) in [6, 6.07) is 0. The lowest BCUT2D eigenvalue weighted by molar-refractivity contribution is 0.0636. The number of anilines is 1. The molecule has 102 valence electrons. The lowest BCUT2D eigenvalue weighted by Crippen LogP contribution is -2.27. The van der Waals surface area contributed by atoms with Gasteiger partial charge < -0.3 is 14.9 Å². The van der Waals surface area contributed by atoms with Gasteiger partial charge in [-0.3, -0.25) is 5.32 Å². The van der Waals surface area contributed by atoms with Crippen molar-refractivity contribution < 1.29 is 19.7 Å². The van der Waals surface area contributed by atoms with Crippen molar-refractivity contribution in [3.05, 3.63) is 10.6 Å². The van der Waals surface area contributed by atoms with Crippen LogP contribution in [0.5, 0.6) is 0 Å². The minimum atomic E-state index is -0.975. The molecule has 18 heavy (non-hydrogen) atoms. The van der Waals surface area contributed by atoms with Crippen molar-refractivity contribution in [3.63, 3.8) is 0 Å². The van der Waals surface area contributed by atoms with Crippen molar-refractivity contribution in [1.82, 2.24) is 4.98 Å². The quantitative estimate of drug-likeness (QED) is 0.782. The molecule has 0 aliphatic rings. The summed E-state index contributed by atoms with van der Waals surface area (Å²) in [5.74, 6) is 0. The summed E-state index contributed by atoms with van der Waals surface area (Å²) >= 11 is 1.11. The van der Waals surface area contributed by atoms with Crippen molar-refractivity contribution in [2.45, 2.75) is 39.4 Å². The number of nitrogens with one attached hydrogen (secondary N) is 1. The highest BCUT2D eigenvalue weighted by Gasteiger charge is 2.19. The van der Waals surface area contributed by atoms with Crippen LogP contribution < -0.4 is 5.32 Å². The third-order valence-electron chi connectivity index (χ3n) is 1.92. The number of rotatable bonds is 3.